The molecule has 0 aromatic heterocycles. The molecule has 5 rings (SSSR count). The summed E-state index contributed by atoms with van der Waals surface area (Å²) in [4.78, 5) is 17.0. The number of methoxy groups -OCH3 is 1. The third-order valence-corrected chi connectivity index (χ3v) is 16.6. The molecule has 4 aromatic carbocycles. The second-order valence-electron chi connectivity index (χ2n) is 15.2. The monoisotopic (exact) mass is 799 g/mol. The third kappa shape index (κ3) is 10.9. The van der Waals surface area contributed by atoms with Gasteiger partial charge in [-0.2, -0.15) is 0 Å². The molecule has 1 fully saturated rings. The Morgan fingerprint density at radius 2 is 1.42 bits per heavy atom. The molecule has 1 aliphatic heterocycles. The molecule has 1 amide bonds. The number of rotatable bonds is 17. The Morgan fingerprint density at radius 3 is 1.96 bits per heavy atom. The minimum Gasteiger partial charge on any atom is -0.475 e. The largest absolute Gasteiger partial charge is 0.475 e. The molecule has 0 N–H and O–H groups in total. The maximum atomic E-state index is 14.9. The van der Waals surface area contributed by atoms with Gasteiger partial charge in [0.2, 0.25) is 4.38 Å². The van der Waals surface area contributed by atoms with E-state index in [1.54, 1.807) is 7.11 Å². The van der Waals surface area contributed by atoms with Crippen molar-refractivity contribution >= 4 is 53.0 Å². The van der Waals surface area contributed by atoms with Crippen LogP contribution in [0.2, 0.25) is 5.04 Å². The van der Waals surface area contributed by atoms with Gasteiger partial charge in [0.05, 0.1) is 37.5 Å². The van der Waals surface area contributed by atoms with Crippen LogP contribution in [0.1, 0.15) is 69.3 Å². The molecule has 1 saturated heterocycles. The molecule has 7 nitrogen and oxygen atoms in total. The van der Waals surface area contributed by atoms with Crippen LogP contribution in [0.25, 0.3) is 0 Å². The molecule has 0 saturated carbocycles. The number of carbonyl (C=O) groups is 1. The maximum Gasteiger partial charge on any atom is 0.261 e. The molecule has 294 valence electrons. The molecular weight excluding hydrogens is 743 g/mol. The predicted octanol–water partition coefficient (Wildman–Crippen LogP) is 8.64. The molecule has 0 unspecified atom stereocenters. The third-order valence-electron chi connectivity index (χ3n) is 10.5. The zero-order valence-corrected chi connectivity index (χ0v) is 35.7. The molecule has 0 bridgehead atoms. The Morgan fingerprint density at radius 1 is 0.855 bits per heavy atom. The van der Waals surface area contributed by atoms with Gasteiger partial charge in [-0.25, -0.2) is 0 Å². The standard InChI is InChI=1S/C45H57NO6S2Si/c1-34-41(52-55(45(2,3)4,38-23-15-9-16-24-38)39-25-17-10-18-26-39)31-42(50-32-35-19-11-7-12-20-35)40(46(34)43(47)36-21-13-8-14-22-36)28-27-37(51-44(53)54-6)29-30-49-33-48-5/h7-26,34,37,40-42H,27-33H2,1-6H3/t34-,37-,40+,41-,42-/m0/s1. The van der Waals surface area contributed by atoms with E-state index in [2.05, 4.69) is 105 Å². The van der Waals surface area contributed by atoms with Crippen LogP contribution in [-0.4, -0.2) is 80.7 Å². The molecule has 10 heteroatoms. The number of hydrogen-bond acceptors (Lipinski definition) is 8. The van der Waals surface area contributed by atoms with E-state index >= 15 is 0 Å². The van der Waals surface area contributed by atoms with E-state index in [0.29, 0.717) is 48.8 Å². The molecular formula is C45H57NO6S2Si. The van der Waals surface area contributed by atoms with Crippen LogP contribution in [0.15, 0.2) is 121 Å². The summed E-state index contributed by atoms with van der Waals surface area (Å²) in [5.74, 6) is -0.0392. The highest BCUT2D eigenvalue weighted by molar-refractivity contribution is 8.22. The molecule has 1 heterocycles. The van der Waals surface area contributed by atoms with Crippen molar-refractivity contribution in [2.75, 3.05) is 26.8 Å². The summed E-state index contributed by atoms with van der Waals surface area (Å²) in [6, 6.07) is 40.7. The summed E-state index contributed by atoms with van der Waals surface area (Å²) < 4.78 is 32.3. The molecule has 0 radical (unpaired) electrons. The van der Waals surface area contributed by atoms with Gasteiger partial charge < -0.3 is 28.3 Å². The molecule has 1 aliphatic rings. The Hall–Kier alpha value is -3.35. The highest BCUT2D eigenvalue weighted by Crippen LogP contribution is 2.41. The number of thioether (sulfide) groups is 1. The van der Waals surface area contributed by atoms with Crippen molar-refractivity contribution in [1.82, 2.24) is 4.90 Å². The Labute approximate surface area is 339 Å². The second-order valence-corrected chi connectivity index (χ2v) is 20.8. The molecule has 0 spiro atoms. The van der Waals surface area contributed by atoms with E-state index in [-0.39, 0.29) is 48.1 Å². The van der Waals surface area contributed by atoms with Crippen LogP contribution in [0.3, 0.4) is 0 Å². The lowest BCUT2D eigenvalue weighted by Gasteiger charge is -2.53. The molecule has 5 atom stereocenters. The number of piperidine rings is 1. The molecule has 0 aliphatic carbocycles. The Kier molecular flexibility index (Phi) is 16.1. The van der Waals surface area contributed by atoms with Crippen molar-refractivity contribution < 1.29 is 28.2 Å². The lowest BCUT2D eigenvalue weighted by Crippen LogP contribution is -2.71. The van der Waals surface area contributed by atoms with Gasteiger partial charge in [-0.1, -0.05) is 142 Å². The topological polar surface area (TPSA) is 66.5 Å². The van der Waals surface area contributed by atoms with E-state index in [9.17, 15) is 4.79 Å². The number of likely N-dealkylation sites (tertiary alicyclic amines) is 1. The summed E-state index contributed by atoms with van der Waals surface area (Å²) in [6.07, 6.45) is 3.60. The lowest BCUT2D eigenvalue weighted by atomic mass is 9.87. The van der Waals surface area contributed by atoms with Crippen molar-refractivity contribution in [3.63, 3.8) is 0 Å². The fraction of sp³-hybridized carbons (Fsp3) is 0.422. The van der Waals surface area contributed by atoms with Crippen LogP contribution in [0.5, 0.6) is 0 Å². The minimum atomic E-state index is -3.00. The summed E-state index contributed by atoms with van der Waals surface area (Å²) in [5, 5.41) is 2.16. The van der Waals surface area contributed by atoms with Gasteiger partial charge in [-0.3, -0.25) is 4.79 Å². The van der Waals surface area contributed by atoms with E-state index in [4.69, 9.17) is 35.6 Å². The Balaban J connectivity index is 1.58. The van der Waals surface area contributed by atoms with Gasteiger partial charge in [0.25, 0.3) is 14.2 Å². The minimum absolute atomic E-state index is 0.0392. The van der Waals surface area contributed by atoms with Crippen LogP contribution in [0, 0.1) is 0 Å². The van der Waals surface area contributed by atoms with E-state index < -0.39 is 8.32 Å². The van der Waals surface area contributed by atoms with Crippen LogP contribution >= 0.6 is 24.0 Å². The average molecular weight is 800 g/mol. The zero-order chi connectivity index (χ0) is 39.3. The highest BCUT2D eigenvalue weighted by atomic mass is 32.2. The van der Waals surface area contributed by atoms with Crippen molar-refractivity contribution in [2.45, 2.75) is 95.4 Å². The van der Waals surface area contributed by atoms with Gasteiger partial charge in [-0.05, 0) is 71.3 Å². The van der Waals surface area contributed by atoms with Crippen molar-refractivity contribution in [3.8, 4) is 0 Å². The van der Waals surface area contributed by atoms with Crippen LogP contribution < -0.4 is 10.4 Å². The van der Waals surface area contributed by atoms with Crippen LogP contribution in [0.4, 0.5) is 0 Å². The lowest BCUT2D eigenvalue weighted by molar-refractivity contribution is -0.0998. The first-order valence-electron chi connectivity index (χ1n) is 19.2. The number of ether oxygens (including phenoxy) is 4. The van der Waals surface area contributed by atoms with Gasteiger partial charge in [-0.15, -0.1) is 0 Å². The Bertz CT molecular complexity index is 1710. The SMILES string of the molecule is COCOCC[C@H](CC[C@@H]1[C@@H](OCc2ccccc2)C[C@H](O[Si](c2ccccc2)(c2ccccc2)C(C)(C)C)[C@H](C)N1C(=O)c1ccccc1)OC(=S)SC. The van der Waals surface area contributed by atoms with Crippen molar-refractivity contribution in [1.29, 1.82) is 0 Å². The van der Waals surface area contributed by atoms with Crippen molar-refractivity contribution in [2.24, 2.45) is 0 Å². The summed E-state index contributed by atoms with van der Waals surface area (Å²) in [6.45, 7) is 10.1. The van der Waals surface area contributed by atoms with E-state index in [1.807, 2.05) is 54.8 Å². The summed E-state index contributed by atoms with van der Waals surface area (Å²) >= 11 is 6.93. The maximum absolute atomic E-state index is 14.9. The number of carbonyl (C=O) groups excluding carboxylic acids is 1. The van der Waals surface area contributed by atoms with Gasteiger partial charge in [0, 0.05) is 25.5 Å². The van der Waals surface area contributed by atoms with Gasteiger partial charge in [0.15, 0.2) is 0 Å². The van der Waals surface area contributed by atoms with Gasteiger partial charge in [0.1, 0.15) is 12.9 Å². The number of thiocarbonyl (C=S) groups is 1. The first-order chi connectivity index (χ1) is 26.6. The first kappa shape index (κ1) is 42.8. The predicted molar refractivity (Wildman–Crippen MR) is 231 cm³/mol. The number of amides is 1. The van der Waals surface area contributed by atoms with Crippen molar-refractivity contribution in [3.05, 3.63) is 132 Å². The second kappa shape index (κ2) is 20.7. The summed E-state index contributed by atoms with van der Waals surface area (Å²) in [7, 11) is -1.39. The van der Waals surface area contributed by atoms with Gasteiger partial charge >= 0.3 is 0 Å². The van der Waals surface area contributed by atoms with Crippen LogP contribution in [-0.2, 0) is 30.0 Å². The fourth-order valence-corrected chi connectivity index (χ4v) is 12.9. The quantitative estimate of drug-likeness (QED) is 0.0456. The number of benzene rings is 4. The van der Waals surface area contributed by atoms with E-state index in [0.717, 1.165) is 5.56 Å². The average Bonchev–Trinajstić information content (AvgIpc) is 3.21. The number of hydrogen-bond donors (Lipinski definition) is 0. The first-order valence-corrected chi connectivity index (χ1v) is 22.8. The fourth-order valence-electron chi connectivity index (χ4n) is 7.82. The summed E-state index contributed by atoms with van der Waals surface area (Å²) in [5.41, 5.74) is 1.71. The van der Waals surface area contributed by atoms with E-state index in [1.165, 1.54) is 22.1 Å². The number of nitrogens with zero attached hydrogens (tertiary/aromatic N) is 1. The molecule has 55 heavy (non-hydrogen) atoms. The molecule has 4 aromatic rings. The zero-order valence-electron chi connectivity index (χ0n) is 33.1. The normalized spacial score (nSPS) is 19.5. The smallest absolute Gasteiger partial charge is 0.261 e. The highest BCUT2D eigenvalue weighted by Gasteiger charge is 2.54.